The van der Waals surface area contributed by atoms with Gasteiger partial charge in [0.05, 0.1) is 0 Å². The fraction of sp³-hybridized carbons (Fsp3) is 0.529. The van der Waals surface area contributed by atoms with E-state index in [1.54, 1.807) is 0 Å². The zero-order valence-corrected chi connectivity index (χ0v) is 11.4. The molecule has 1 saturated carbocycles. The van der Waals surface area contributed by atoms with Gasteiger partial charge in [0.25, 0.3) is 0 Å². The van der Waals surface area contributed by atoms with Crippen LogP contribution in [0.25, 0.3) is 0 Å². The number of rotatable bonds is 6. The van der Waals surface area contributed by atoms with E-state index in [1.807, 2.05) is 12.1 Å². The van der Waals surface area contributed by atoms with Crippen LogP contribution in [0.15, 0.2) is 30.9 Å². The molecule has 0 amide bonds. The molecule has 1 aliphatic carbocycles. The van der Waals surface area contributed by atoms with Crippen molar-refractivity contribution in [1.29, 1.82) is 0 Å². The van der Waals surface area contributed by atoms with E-state index in [-0.39, 0.29) is 0 Å². The van der Waals surface area contributed by atoms with E-state index in [4.69, 9.17) is 0 Å². The Morgan fingerprint density at radius 3 is 2.83 bits per heavy atom. The van der Waals surface area contributed by atoms with E-state index in [0.717, 1.165) is 23.8 Å². The maximum absolute atomic E-state index is 9.76. The van der Waals surface area contributed by atoms with Gasteiger partial charge < -0.3 is 5.11 Å². The first-order valence-electron chi connectivity index (χ1n) is 7.17. The van der Waals surface area contributed by atoms with Gasteiger partial charge in [0.1, 0.15) is 5.75 Å². The summed E-state index contributed by atoms with van der Waals surface area (Å²) in [5.74, 6) is 2.06. The highest BCUT2D eigenvalue weighted by Crippen LogP contribution is 2.44. The molecule has 0 aromatic heterocycles. The molecule has 0 aliphatic heterocycles. The molecule has 0 heterocycles. The smallest absolute Gasteiger partial charge is 0.119 e. The quantitative estimate of drug-likeness (QED) is 0.712. The largest absolute Gasteiger partial charge is 0.508 e. The third kappa shape index (κ3) is 2.95. The number of unbranched alkanes of at least 4 members (excludes halogenated alkanes) is 1. The minimum atomic E-state index is 0.403. The lowest BCUT2D eigenvalue weighted by Crippen LogP contribution is -2.21. The average Bonchev–Trinajstić information content (AvgIpc) is 2.31. The molecule has 0 bridgehead atoms. The van der Waals surface area contributed by atoms with Crippen molar-refractivity contribution in [3.8, 4) is 5.75 Å². The zero-order valence-electron chi connectivity index (χ0n) is 11.4. The molecule has 18 heavy (non-hydrogen) atoms. The molecule has 0 spiro atoms. The molecule has 2 rings (SSSR count). The minimum Gasteiger partial charge on any atom is -0.508 e. The van der Waals surface area contributed by atoms with Gasteiger partial charge in [0.2, 0.25) is 0 Å². The van der Waals surface area contributed by atoms with E-state index in [0.29, 0.717) is 5.75 Å². The number of benzene rings is 1. The Balaban J connectivity index is 1.95. The van der Waals surface area contributed by atoms with Crippen LogP contribution in [-0.2, 0) is 6.42 Å². The lowest BCUT2D eigenvalue weighted by Gasteiger charge is -2.36. The molecule has 1 N–H and O–H groups in total. The van der Waals surface area contributed by atoms with Gasteiger partial charge >= 0.3 is 0 Å². The van der Waals surface area contributed by atoms with Gasteiger partial charge in [-0.1, -0.05) is 44.4 Å². The molecule has 1 heteroatoms. The minimum absolute atomic E-state index is 0.403. The Hall–Kier alpha value is -1.24. The van der Waals surface area contributed by atoms with Gasteiger partial charge in [0.15, 0.2) is 0 Å². The molecule has 0 saturated heterocycles. The number of phenols is 1. The van der Waals surface area contributed by atoms with Crippen LogP contribution in [0.4, 0.5) is 0 Å². The summed E-state index contributed by atoms with van der Waals surface area (Å²) in [4.78, 5) is 0. The van der Waals surface area contributed by atoms with Gasteiger partial charge in [-0.3, -0.25) is 0 Å². The molecule has 1 aromatic rings. The Labute approximate surface area is 111 Å². The Morgan fingerprint density at radius 2 is 2.17 bits per heavy atom. The first-order chi connectivity index (χ1) is 8.74. The molecular formula is C17H24O. The van der Waals surface area contributed by atoms with E-state index in [1.165, 1.54) is 37.7 Å². The summed E-state index contributed by atoms with van der Waals surface area (Å²) in [6, 6.07) is 6.09. The van der Waals surface area contributed by atoms with Crippen molar-refractivity contribution in [3.05, 3.63) is 42.0 Å². The summed E-state index contributed by atoms with van der Waals surface area (Å²) in [6.45, 7) is 6.00. The van der Waals surface area contributed by atoms with Crippen LogP contribution >= 0.6 is 0 Å². The summed E-state index contributed by atoms with van der Waals surface area (Å²) in [5.41, 5.74) is 2.41. The summed E-state index contributed by atoms with van der Waals surface area (Å²) < 4.78 is 0. The first kappa shape index (κ1) is 13.2. The summed E-state index contributed by atoms with van der Waals surface area (Å²) in [7, 11) is 0. The molecule has 0 radical (unpaired) electrons. The van der Waals surface area contributed by atoms with Gasteiger partial charge in [-0.05, 0) is 48.3 Å². The molecule has 98 valence electrons. The standard InChI is InChI=1S/C17H24O/c1-3-5-7-13-10-16(11-13)14-8-9-17(18)15(12-14)6-4-2/h4,8-9,12-13,16,18H,2-3,5-7,10-11H2,1H3. The lowest BCUT2D eigenvalue weighted by molar-refractivity contribution is 0.242. The van der Waals surface area contributed by atoms with Crippen molar-refractivity contribution in [2.24, 2.45) is 5.92 Å². The SMILES string of the molecule is C=CCc1cc(C2CC(CCCC)C2)ccc1O. The molecule has 1 aromatic carbocycles. The van der Waals surface area contributed by atoms with Crippen molar-refractivity contribution in [1.82, 2.24) is 0 Å². The fourth-order valence-electron chi connectivity index (χ4n) is 2.91. The van der Waals surface area contributed by atoms with Crippen LogP contribution in [0.1, 0.15) is 56.1 Å². The number of aromatic hydroxyl groups is 1. The van der Waals surface area contributed by atoms with E-state index in [2.05, 4.69) is 25.6 Å². The summed E-state index contributed by atoms with van der Waals surface area (Å²) in [6.07, 6.45) is 9.34. The number of allylic oxidation sites excluding steroid dienone is 1. The topological polar surface area (TPSA) is 20.2 Å². The predicted molar refractivity (Wildman–Crippen MR) is 77.0 cm³/mol. The highest BCUT2D eigenvalue weighted by Gasteiger charge is 2.29. The van der Waals surface area contributed by atoms with Crippen molar-refractivity contribution in [2.75, 3.05) is 0 Å². The van der Waals surface area contributed by atoms with Crippen LogP contribution < -0.4 is 0 Å². The third-order valence-electron chi connectivity index (χ3n) is 4.14. The lowest BCUT2D eigenvalue weighted by atomic mass is 9.69. The molecule has 1 aliphatic rings. The highest BCUT2D eigenvalue weighted by molar-refractivity contribution is 5.39. The van der Waals surface area contributed by atoms with Crippen molar-refractivity contribution < 1.29 is 5.11 Å². The summed E-state index contributed by atoms with van der Waals surface area (Å²) in [5, 5.41) is 9.76. The van der Waals surface area contributed by atoms with Gasteiger partial charge in [-0.15, -0.1) is 6.58 Å². The number of phenolic OH excluding ortho intramolecular Hbond substituents is 1. The highest BCUT2D eigenvalue weighted by atomic mass is 16.3. The van der Waals surface area contributed by atoms with E-state index in [9.17, 15) is 5.11 Å². The van der Waals surface area contributed by atoms with Gasteiger partial charge in [0, 0.05) is 0 Å². The molecular weight excluding hydrogens is 220 g/mol. The van der Waals surface area contributed by atoms with Crippen LogP contribution in [0, 0.1) is 5.92 Å². The zero-order chi connectivity index (χ0) is 13.0. The van der Waals surface area contributed by atoms with Crippen LogP contribution in [0.3, 0.4) is 0 Å². The Morgan fingerprint density at radius 1 is 1.39 bits per heavy atom. The van der Waals surface area contributed by atoms with Gasteiger partial charge in [-0.2, -0.15) is 0 Å². The van der Waals surface area contributed by atoms with E-state index >= 15 is 0 Å². The van der Waals surface area contributed by atoms with Crippen LogP contribution in [-0.4, -0.2) is 5.11 Å². The molecule has 1 nitrogen and oxygen atoms in total. The Bertz CT molecular complexity index is 402. The fourth-order valence-corrected chi connectivity index (χ4v) is 2.91. The maximum atomic E-state index is 9.76. The monoisotopic (exact) mass is 244 g/mol. The first-order valence-corrected chi connectivity index (χ1v) is 7.17. The van der Waals surface area contributed by atoms with Crippen LogP contribution in [0.5, 0.6) is 5.75 Å². The molecule has 0 atom stereocenters. The predicted octanol–water partition coefficient (Wildman–Crippen LogP) is 4.80. The second kappa shape index (κ2) is 6.08. The second-order valence-corrected chi connectivity index (χ2v) is 5.56. The van der Waals surface area contributed by atoms with Crippen molar-refractivity contribution in [2.45, 2.75) is 51.4 Å². The van der Waals surface area contributed by atoms with Crippen LogP contribution in [0.2, 0.25) is 0 Å². The van der Waals surface area contributed by atoms with Crippen molar-refractivity contribution in [3.63, 3.8) is 0 Å². The number of hydrogen-bond acceptors (Lipinski definition) is 1. The summed E-state index contributed by atoms with van der Waals surface area (Å²) >= 11 is 0. The molecule has 1 fully saturated rings. The second-order valence-electron chi connectivity index (χ2n) is 5.56. The number of hydrogen-bond donors (Lipinski definition) is 1. The Kier molecular flexibility index (Phi) is 4.46. The molecule has 0 unspecified atom stereocenters. The third-order valence-corrected chi connectivity index (χ3v) is 4.14. The van der Waals surface area contributed by atoms with Gasteiger partial charge in [-0.25, -0.2) is 0 Å². The average molecular weight is 244 g/mol. The maximum Gasteiger partial charge on any atom is 0.119 e. The normalized spacial score (nSPS) is 22.5. The van der Waals surface area contributed by atoms with Crippen molar-refractivity contribution >= 4 is 0 Å². The van der Waals surface area contributed by atoms with E-state index < -0.39 is 0 Å².